The number of non-ortho nitro benzene ring substituents is 1. The zero-order valence-electron chi connectivity index (χ0n) is 15.9. The highest BCUT2D eigenvalue weighted by molar-refractivity contribution is 7.87. The van der Waals surface area contributed by atoms with Crippen molar-refractivity contribution in [2.24, 2.45) is 4.74 Å². The van der Waals surface area contributed by atoms with Crippen LogP contribution in [0.1, 0.15) is 0 Å². The van der Waals surface area contributed by atoms with Gasteiger partial charge < -0.3 is 0 Å². The number of hydrogen-bond acceptors (Lipinski definition) is 3. The Kier molecular flexibility index (Phi) is 5.55. The first-order valence-corrected chi connectivity index (χ1v) is 11.1. The predicted octanol–water partition coefficient (Wildman–Crippen LogP) is 5.54. The first kappa shape index (κ1) is 19.7. The molecular formula is C24H18FN2O2P. The molecule has 0 atom stereocenters. The number of hydrogen-bond donors (Lipinski definition) is 0. The van der Waals surface area contributed by atoms with E-state index in [1.54, 1.807) is 18.2 Å². The van der Waals surface area contributed by atoms with Crippen LogP contribution in [0.3, 0.4) is 0 Å². The van der Waals surface area contributed by atoms with E-state index in [9.17, 15) is 14.5 Å². The number of nitro groups is 1. The molecule has 0 N–H and O–H groups in total. The smallest absolute Gasteiger partial charge is 0.258 e. The van der Waals surface area contributed by atoms with Crippen molar-refractivity contribution in [2.45, 2.75) is 0 Å². The Morgan fingerprint density at radius 1 is 0.700 bits per heavy atom. The quantitative estimate of drug-likeness (QED) is 0.244. The SMILES string of the molecule is O=[N+]([O-])c1ccc(N=P(c2ccccc2)(c2ccccc2)c2cccc(F)c2)cc1. The van der Waals surface area contributed by atoms with Gasteiger partial charge in [0.05, 0.1) is 17.7 Å². The molecule has 0 spiro atoms. The molecule has 0 aromatic heterocycles. The highest BCUT2D eigenvalue weighted by atomic mass is 31.2. The molecule has 0 aliphatic rings. The number of halogens is 1. The third-order valence-corrected chi connectivity index (χ3v) is 8.42. The van der Waals surface area contributed by atoms with Gasteiger partial charge in [-0.05, 0) is 24.3 Å². The van der Waals surface area contributed by atoms with Crippen LogP contribution in [0, 0.1) is 15.9 Å². The van der Waals surface area contributed by atoms with E-state index in [2.05, 4.69) is 0 Å². The van der Waals surface area contributed by atoms with Crippen LogP contribution in [-0.4, -0.2) is 4.92 Å². The van der Waals surface area contributed by atoms with Crippen LogP contribution >= 0.6 is 7.05 Å². The van der Waals surface area contributed by atoms with E-state index in [1.807, 2.05) is 66.7 Å². The van der Waals surface area contributed by atoms with Gasteiger partial charge in [0, 0.05) is 28.0 Å². The maximum Gasteiger partial charge on any atom is 0.269 e. The molecule has 0 aliphatic carbocycles. The zero-order valence-corrected chi connectivity index (χ0v) is 16.8. The van der Waals surface area contributed by atoms with Crippen LogP contribution in [-0.2, 0) is 0 Å². The van der Waals surface area contributed by atoms with Gasteiger partial charge in [-0.3, -0.25) is 14.9 Å². The van der Waals surface area contributed by atoms with Crippen LogP contribution < -0.4 is 15.9 Å². The van der Waals surface area contributed by atoms with Gasteiger partial charge in [-0.1, -0.05) is 72.8 Å². The summed E-state index contributed by atoms with van der Waals surface area (Å²) in [6.45, 7) is 0. The fourth-order valence-corrected chi connectivity index (χ4v) is 6.94. The number of rotatable bonds is 5. The Hall–Kier alpha value is -3.56. The lowest BCUT2D eigenvalue weighted by Gasteiger charge is -2.27. The molecule has 30 heavy (non-hydrogen) atoms. The summed E-state index contributed by atoms with van der Waals surface area (Å²) in [5.74, 6) is -0.331. The van der Waals surface area contributed by atoms with Gasteiger partial charge in [0.25, 0.3) is 5.69 Å². The van der Waals surface area contributed by atoms with Gasteiger partial charge in [0.15, 0.2) is 0 Å². The summed E-state index contributed by atoms with van der Waals surface area (Å²) in [5, 5.41) is 13.8. The molecule has 0 bridgehead atoms. The van der Waals surface area contributed by atoms with Crippen molar-refractivity contribution in [2.75, 3.05) is 0 Å². The molecule has 4 aromatic carbocycles. The molecule has 0 radical (unpaired) electrons. The second kappa shape index (κ2) is 8.44. The third kappa shape index (κ3) is 3.80. The summed E-state index contributed by atoms with van der Waals surface area (Å²) < 4.78 is 19.5. The van der Waals surface area contributed by atoms with E-state index in [0.29, 0.717) is 5.69 Å². The molecule has 4 rings (SSSR count). The van der Waals surface area contributed by atoms with E-state index < -0.39 is 12.0 Å². The average molecular weight is 416 g/mol. The molecule has 0 heterocycles. The lowest BCUT2D eigenvalue weighted by Crippen LogP contribution is -2.25. The standard InChI is InChI=1S/C24H18FN2O2P/c25-19-8-7-13-24(18-19)30(22-9-3-1-4-10-22,23-11-5-2-6-12-23)26-20-14-16-21(17-15-20)27(28)29/h1-18H. The van der Waals surface area contributed by atoms with Crippen LogP contribution in [0.5, 0.6) is 0 Å². The Labute approximate surface area is 173 Å². The molecule has 0 fully saturated rings. The van der Waals surface area contributed by atoms with Crippen molar-refractivity contribution < 1.29 is 9.31 Å². The van der Waals surface area contributed by atoms with Gasteiger partial charge >= 0.3 is 0 Å². The van der Waals surface area contributed by atoms with E-state index >= 15 is 0 Å². The van der Waals surface area contributed by atoms with E-state index in [-0.39, 0.29) is 11.5 Å². The van der Waals surface area contributed by atoms with Crippen molar-refractivity contribution in [3.8, 4) is 0 Å². The molecule has 0 saturated carbocycles. The molecule has 0 unspecified atom stereocenters. The minimum absolute atomic E-state index is 0.00283. The van der Waals surface area contributed by atoms with Crippen molar-refractivity contribution in [3.05, 3.63) is 125 Å². The van der Waals surface area contributed by atoms with E-state index in [4.69, 9.17) is 4.74 Å². The van der Waals surface area contributed by atoms with Crippen LogP contribution in [0.4, 0.5) is 15.8 Å². The summed E-state index contributed by atoms with van der Waals surface area (Å²) in [6.07, 6.45) is 0. The first-order chi connectivity index (χ1) is 14.6. The Morgan fingerprint density at radius 2 is 1.23 bits per heavy atom. The summed E-state index contributed by atoms with van der Waals surface area (Å²) in [5.41, 5.74) is 0.606. The maximum absolute atomic E-state index is 14.3. The Morgan fingerprint density at radius 3 is 1.73 bits per heavy atom. The molecule has 148 valence electrons. The second-order valence-corrected chi connectivity index (χ2v) is 9.68. The number of benzene rings is 4. The summed E-state index contributed by atoms with van der Waals surface area (Å²) in [4.78, 5) is 10.6. The summed E-state index contributed by atoms with van der Waals surface area (Å²) in [6, 6.07) is 32.3. The second-order valence-electron chi connectivity index (χ2n) is 6.66. The zero-order chi connectivity index (χ0) is 21.0. The topological polar surface area (TPSA) is 55.5 Å². The lowest BCUT2D eigenvalue weighted by molar-refractivity contribution is -0.384. The number of nitro benzene ring substituents is 1. The minimum atomic E-state index is -2.63. The largest absolute Gasteiger partial charge is 0.269 e. The minimum Gasteiger partial charge on any atom is -0.258 e. The van der Waals surface area contributed by atoms with Gasteiger partial charge in [-0.15, -0.1) is 0 Å². The Bertz CT molecular complexity index is 1180. The fraction of sp³-hybridized carbons (Fsp3) is 0. The van der Waals surface area contributed by atoms with Crippen LogP contribution in [0.15, 0.2) is 114 Å². The van der Waals surface area contributed by atoms with Gasteiger partial charge in [-0.25, -0.2) is 4.39 Å². The molecule has 0 amide bonds. The molecule has 0 saturated heterocycles. The van der Waals surface area contributed by atoms with Crippen molar-refractivity contribution >= 4 is 34.3 Å². The van der Waals surface area contributed by atoms with Crippen LogP contribution in [0.2, 0.25) is 0 Å². The van der Waals surface area contributed by atoms with Crippen molar-refractivity contribution in [1.29, 1.82) is 0 Å². The van der Waals surface area contributed by atoms with E-state index in [0.717, 1.165) is 15.9 Å². The molecule has 4 nitrogen and oxygen atoms in total. The molecule has 6 heteroatoms. The van der Waals surface area contributed by atoms with Crippen molar-refractivity contribution in [3.63, 3.8) is 0 Å². The van der Waals surface area contributed by atoms with Crippen LogP contribution in [0.25, 0.3) is 0 Å². The highest BCUT2D eigenvalue weighted by Gasteiger charge is 2.28. The van der Waals surface area contributed by atoms with Crippen molar-refractivity contribution in [1.82, 2.24) is 0 Å². The molecule has 0 aliphatic heterocycles. The van der Waals surface area contributed by atoms with Gasteiger partial charge in [-0.2, -0.15) is 0 Å². The highest BCUT2D eigenvalue weighted by Crippen LogP contribution is 2.49. The summed E-state index contributed by atoms with van der Waals surface area (Å²) >= 11 is 0. The maximum atomic E-state index is 14.3. The molecule has 4 aromatic rings. The molecular weight excluding hydrogens is 398 g/mol. The lowest BCUT2D eigenvalue weighted by atomic mass is 10.3. The Balaban J connectivity index is 2.08. The number of nitrogens with zero attached hydrogens (tertiary/aromatic N) is 2. The van der Waals surface area contributed by atoms with Gasteiger partial charge in [0.2, 0.25) is 0 Å². The average Bonchev–Trinajstić information content (AvgIpc) is 2.79. The normalized spacial score (nSPS) is 11.1. The first-order valence-electron chi connectivity index (χ1n) is 9.34. The predicted molar refractivity (Wildman–Crippen MR) is 120 cm³/mol. The van der Waals surface area contributed by atoms with Gasteiger partial charge in [0.1, 0.15) is 5.82 Å². The summed E-state index contributed by atoms with van der Waals surface area (Å²) in [7, 11) is -2.63. The third-order valence-electron chi connectivity index (χ3n) is 4.77. The van der Waals surface area contributed by atoms with E-state index in [1.165, 1.54) is 24.3 Å². The fourth-order valence-electron chi connectivity index (χ4n) is 3.40. The monoisotopic (exact) mass is 416 g/mol.